The minimum Gasteiger partial charge on any atom is -0.464 e. The molecule has 0 fully saturated rings. The molecular weight excluding hydrogens is 256 g/mol. The predicted octanol–water partition coefficient (Wildman–Crippen LogP) is 0.964. The summed E-state index contributed by atoms with van der Waals surface area (Å²) in [5.41, 5.74) is 2.63. The summed E-state index contributed by atoms with van der Waals surface area (Å²) in [5.74, 6) is 6.22. The molecule has 1 aromatic rings. The Morgan fingerprint density at radius 1 is 1.50 bits per heavy atom. The SMILES string of the molecule is CCN(Cc1cc(C(=O)NN)c(C)o1)C(C)CN(C)C. The van der Waals surface area contributed by atoms with Crippen LogP contribution < -0.4 is 11.3 Å². The lowest BCUT2D eigenvalue weighted by Gasteiger charge is -2.29. The lowest BCUT2D eigenvalue weighted by Crippen LogP contribution is -2.39. The quantitative estimate of drug-likeness (QED) is 0.443. The Morgan fingerprint density at radius 2 is 2.15 bits per heavy atom. The number of amides is 1. The molecule has 0 radical (unpaired) electrons. The first kappa shape index (κ1) is 16.7. The molecule has 1 amide bonds. The summed E-state index contributed by atoms with van der Waals surface area (Å²) in [6.45, 7) is 8.66. The maximum Gasteiger partial charge on any atom is 0.268 e. The summed E-state index contributed by atoms with van der Waals surface area (Å²) in [6, 6.07) is 2.18. The van der Waals surface area contributed by atoms with Gasteiger partial charge in [0.15, 0.2) is 0 Å². The Hall–Kier alpha value is -1.37. The minimum absolute atomic E-state index is 0.318. The number of hydrogen-bond donors (Lipinski definition) is 2. The highest BCUT2D eigenvalue weighted by molar-refractivity contribution is 5.94. The zero-order valence-corrected chi connectivity index (χ0v) is 13.1. The van der Waals surface area contributed by atoms with Crippen molar-refractivity contribution in [1.29, 1.82) is 0 Å². The van der Waals surface area contributed by atoms with E-state index in [4.69, 9.17) is 10.3 Å². The lowest BCUT2D eigenvalue weighted by molar-refractivity contribution is 0.0952. The highest BCUT2D eigenvalue weighted by Crippen LogP contribution is 2.17. The summed E-state index contributed by atoms with van der Waals surface area (Å²) in [6.07, 6.45) is 0. The van der Waals surface area contributed by atoms with E-state index in [-0.39, 0.29) is 5.91 Å². The molecule has 1 rings (SSSR count). The lowest BCUT2D eigenvalue weighted by atomic mass is 10.2. The van der Waals surface area contributed by atoms with Gasteiger partial charge < -0.3 is 9.32 Å². The van der Waals surface area contributed by atoms with Gasteiger partial charge in [-0.1, -0.05) is 6.92 Å². The van der Waals surface area contributed by atoms with Gasteiger partial charge in [0.25, 0.3) is 5.91 Å². The molecule has 0 aromatic carbocycles. The number of hydrogen-bond acceptors (Lipinski definition) is 5. The number of rotatable bonds is 7. The van der Waals surface area contributed by atoms with E-state index in [0.29, 0.717) is 23.9 Å². The molecule has 6 heteroatoms. The molecule has 0 aliphatic heterocycles. The second-order valence-electron chi connectivity index (χ2n) is 5.33. The highest BCUT2D eigenvalue weighted by Gasteiger charge is 2.18. The second-order valence-corrected chi connectivity index (χ2v) is 5.33. The van der Waals surface area contributed by atoms with E-state index < -0.39 is 0 Å². The summed E-state index contributed by atoms with van der Waals surface area (Å²) in [5, 5.41) is 0. The van der Waals surface area contributed by atoms with Gasteiger partial charge in [0, 0.05) is 12.6 Å². The summed E-state index contributed by atoms with van der Waals surface area (Å²) < 4.78 is 5.65. The number of hydrazine groups is 1. The highest BCUT2D eigenvalue weighted by atomic mass is 16.3. The molecule has 20 heavy (non-hydrogen) atoms. The van der Waals surface area contributed by atoms with Crippen LogP contribution in [0.25, 0.3) is 0 Å². The number of carbonyl (C=O) groups is 1. The fourth-order valence-electron chi connectivity index (χ4n) is 2.35. The van der Waals surface area contributed by atoms with Crippen LogP contribution in [0.2, 0.25) is 0 Å². The van der Waals surface area contributed by atoms with Gasteiger partial charge in [-0.05, 0) is 40.6 Å². The zero-order valence-electron chi connectivity index (χ0n) is 13.1. The Labute approximate surface area is 120 Å². The molecule has 0 aliphatic rings. The van der Waals surface area contributed by atoms with Gasteiger partial charge in [-0.25, -0.2) is 5.84 Å². The van der Waals surface area contributed by atoms with Crippen molar-refractivity contribution in [3.8, 4) is 0 Å². The third-order valence-corrected chi connectivity index (χ3v) is 3.36. The van der Waals surface area contributed by atoms with Crippen molar-refractivity contribution in [3.05, 3.63) is 23.2 Å². The zero-order chi connectivity index (χ0) is 15.3. The van der Waals surface area contributed by atoms with E-state index in [9.17, 15) is 4.79 Å². The number of nitrogens with one attached hydrogen (secondary N) is 1. The smallest absolute Gasteiger partial charge is 0.268 e. The summed E-state index contributed by atoms with van der Waals surface area (Å²) in [4.78, 5) is 16.0. The van der Waals surface area contributed by atoms with Crippen molar-refractivity contribution in [2.75, 3.05) is 27.2 Å². The number of carbonyl (C=O) groups excluding carboxylic acids is 1. The predicted molar refractivity (Wildman–Crippen MR) is 79.2 cm³/mol. The number of aryl methyl sites for hydroxylation is 1. The molecule has 1 atom stereocenters. The molecule has 6 nitrogen and oxygen atoms in total. The largest absolute Gasteiger partial charge is 0.464 e. The molecule has 1 heterocycles. The van der Waals surface area contributed by atoms with Crippen LogP contribution in [0.5, 0.6) is 0 Å². The molecule has 0 saturated heterocycles. The first-order valence-corrected chi connectivity index (χ1v) is 6.88. The standard InChI is InChI=1S/C14H26N4O2/c1-6-18(10(2)8-17(4)5)9-12-7-13(11(3)20-12)14(19)16-15/h7,10H,6,8-9,15H2,1-5H3,(H,16,19). The maximum absolute atomic E-state index is 11.6. The topological polar surface area (TPSA) is 74.7 Å². The summed E-state index contributed by atoms with van der Waals surface area (Å²) in [7, 11) is 4.12. The average molecular weight is 282 g/mol. The van der Waals surface area contributed by atoms with E-state index in [0.717, 1.165) is 18.8 Å². The van der Waals surface area contributed by atoms with E-state index in [1.165, 1.54) is 0 Å². The molecule has 3 N–H and O–H groups in total. The molecule has 0 aliphatic carbocycles. The number of nitrogen functional groups attached to an aromatic ring is 1. The number of furan rings is 1. The molecule has 0 bridgehead atoms. The van der Waals surface area contributed by atoms with Gasteiger partial charge in [0.05, 0.1) is 12.1 Å². The number of nitrogens with zero attached hydrogens (tertiary/aromatic N) is 2. The maximum atomic E-state index is 11.6. The summed E-state index contributed by atoms with van der Waals surface area (Å²) >= 11 is 0. The third-order valence-electron chi connectivity index (χ3n) is 3.36. The van der Waals surface area contributed by atoms with Crippen molar-refractivity contribution in [3.63, 3.8) is 0 Å². The molecule has 114 valence electrons. The van der Waals surface area contributed by atoms with Crippen molar-refractivity contribution in [1.82, 2.24) is 15.2 Å². The second kappa shape index (κ2) is 7.42. The Morgan fingerprint density at radius 3 is 2.65 bits per heavy atom. The Bertz CT molecular complexity index is 442. The minimum atomic E-state index is -0.318. The molecule has 1 aromatic heterocycles. The Kier molecular flexibility index (Phi) is 6.19. The fourth-order valence-corrected chi connectivity index (χ4v) is 2.35. The van der Waals surface area contributed by atoms with Gasteiger partial charge in [0.1, 0.15) is 11.5 Å². The van der Waals surface area contributed by atoms with Gasteiger partial charge in [0.2, 0.25) is 0 Å². The Balaban J connectivity index is 2.78. The molecule has 1 unspecified atom stereocenters. The van der Waals surface area contributed by atoms with E-state index >= 15 is 0 Å². The van der Waals surface area contributed by atoms with Gasteiger partial charge in [-0.15, -0.1) is 0 Å². The average Bonchev–Trinajstić information content (AvgIpc) is 2.75. The molecule has 0 spiro atoms. The monoisotopic (exact) mass is 282 g/mol. The number of likely N-dealkylation sites (N-methyl/N-ethyl adjacent to an activating group) is 2. The van der Waals surface area contributed by atoms with E-state index in [2.05, 4.69) is 43.2 Å². The van der Waals surface area contributed by atoms with Crippen LogP contribution in [0.15, 0.2) is 10.5 Å². The normalized spacial score (nSPS) is 13.0. The van der Waals surface area contributed by atoms with E-state index in [1.54, 1.807) is 13.0 Å². The fraction of sp³-hybridized carbons (Fsp3) is 0.643. The first-order chi connectivity index (χ1) is 9.38. The van der Waals surface area contributed by atoms with Gasteiger partial charge in [-0.2, -0.15) is 0 Å². The first-order valence-electron chi connectivity index (χ1n) is 6.88. The molecule has 0 saturated carbocycles. The van der Waals surface area contributed by atoms with Crippen molar-refractivity contribution >= 4 is 5.91 Å². The molecular formula is C14H26N4O2. The van der Waals surface area contributed by atoms with Crippen LogP contribution >= 0.6 is 0 Å². The van der Waals surface area contributed by atoms with Crippen LogP contribution in [0.4, 0.5) is 0 Å². The van der Waals surface area contributed by atoms with Gasteiger partial charge >= 0.3 is 0 Å². The van der Waals surface area contributed by atoms with Crippen LogP contribution in [-0.4, -0.2) is 48.9 Å². The third kappa shape index (κ3) is 4.33. The van der Waals surface area contributed by atoms with Crippen molar-refractivity contribution < 1.29 is 9.21 Å². The van der Waals surface area contributed by atoms with Crippen LogP contribution in [0.3, 0.4) is 0 Å². The van der Waals surface area contributed by atoms with Gasteiger partial charge in [-0.3, -0.25) is 15.1 Å². The van der Waals surface area contributed by atoms with E-state index in [1.807, 2.05) is 0 Å². The van der Waals surface area contributed by atoms with Crippen molar-refractivity contribution in [2.45, 2.75) is 33.4 Å². The van der Waals surface area contributed by atoms with Crippen LogP contribution in [-0.2, 0) is 6.54 Å². The van der Waals surface area contributed by atoms with Crippen LogP contribution in [0, 0.1) is 6.92 Å². The van der Waals surface area contributed by atoms with Crippen LogP contribution in [0.1, 0.15) is 35.7 Å². The number of nitrogens with two attached hydrogens (primary N) is 1. The van der Waals surface area contributed by atoms with Crippen molar-refractivity contribution in [2.24, 2.45) is 5.84 Å².